The number of hydrogen-bond acceptors (Lipinski definition) is 7. The molecule has 2 N–H and O–H groups in total. The van der Waals surface area contributed by atoms with Crippen molar-refractivity contribution in [2.24, 2.45) is 0 Å². The van der Waals surface area contributed by atoms with Gasteiger partial charge in [-0.3, -0.25) is 20.2 Å². The number of thiazole rings is 2. The van der Waals surface area contributed by atoms with E-state index in [4.69, 9.17) is 4.74 Å². The van der Waals surface area contributed by atoms with Crippen molar-refractivity contribution in [3.8, 4) is 34.0 Å². The number of amides is 2. The number of anilines is 2. The Balaban J connectivity index is 1.03. The highest BCUT2D eigenvalue weighted by Crippen LogP contribution is 2.29. The van der Waals surface area contributed by atoms with Crippen LogP contribution in [0.3, 0.4) is 0 Å². The third-order valence-corrected chi connectivity index (χ3v) is 8.77. The summed E-state index contributed by atoms with van der Waals surface area (Å²) < 4.78 is 7.90. The number of nitrogens with one attached hydrogen (secondary N) is 2. The highest BCUT2D eigenvalue weighted by atomic mass is 79.9. The number of nitrogens with zero attached hydrogens (tertiary/aromatic N) is 2. The van der Waals surface area contributed by atoms with Crippen molar-refractivity contribution in [3.05, 3.63) is 128 Å². The molecule has 0 atom stereocenters. The van der Waals surface area contributed by atoms with Gasteiger partial charge < -0.3 is 4.74 Å². The lowest BCUT2D eigenvalue weighted by atomic mass is 10.2. The van der Waals surface area contributed by atoms with Crippen molar-refractivity contribution in [2.45, 2.75) is 0 Å². The molecule has 11 heteroatoms. The first-order valence-electron chi connectivity index (χ1n) is 12.8. The van der Waals surface area contributed by atoms with E-state index in [0.717, 1.165) is 31.5 Å². The maximum Gasteiger partial charge on any atom is 0.257 e. The number of hydrogen-bond donors (Lipinski definition) is 2. The van der Waals surface area contributed by atoms with Crippen LogP contribution in [0.2, 0.25) is 0 Å². The second-order valence-corrected chi connectivity index (χ2v) is 12.7. The summed E-state index contributed by atoms with van der Waals surface area (Å²) in [6.07, 6.45) is 0. The largest absolute Gasteiger partial charge is 0.457 e. The van der Waals surface area contributed by atoms with E-state index in [-0.39, 0.29) is 11.8 Å². The van der Waals surface area contributed by atoms with Crippen LogP contribution in [-0.2, 0) is 0 Å². The average molecular weight is 732 g/mol. The van der Waals surface area contributed by atoms with Crippen LogP contribution in [0, 0.1) is 0 Å². The second kappa shape index (κ2) is 13.0. The summed E-state index contributed by atoms with van der Waals surface area (Å²) >= 11 is 9.60. The van der Waals surface area contributed by atoms with Crippen LogP contribution in [-0.4, -0.2) is 21.8 Å². The molecule has 2 heterocycles. The average Bonchev–Trinajstić information content (AvgIpc) is 3.69. The van der Waals surface area contributed by atoms with Gasteiger partial charge in [0.1, 0.15) is 11.5 Å². The summed E-state index contributed by atoms with van der Waals surface area (Å²) in [5.41, 5.74) is 4.50. The minimum absolute atomic E-state index is 0.261. The van der Waals surface area contributed by atoms with Crippen molar-refractivity contribution in [2.75, 3.05) is 10.6 Å². The summed E-state index contributed by atoms with van der Waals surface area (Å²) in [6.45, 7) is 0. The SMILES string of the molecule is O=C(Nc1nc(-c2ccc(Br)cc2)cs1)c1ccc(Oc2ccc(C(=O)Nc3nc(-c4ccc(Br)cc4)cs3)cc2)cc1. The maximum atomic E-state index is 12.8. The number of aromatic nitrogens is 2. The van der Waals surface area contributed by atoms with Crippen LogP contribution < -0.4 is 15.4 Å². The Hall–Kier alpha value is -4.16. The van der Waals surface area contributed by atoms with Gasteiger partial charge in [-0.05, 0) is 72.8 Å². The van der Waals surface area contributed by atoms with Gasteiger partial charge in [-0.25, -0.2) is 9.97 Å². The second-order valence-electron chi connectivity index (χ2n) is 9.15. The van der Waals surface area contributed by atoms with Gasteiger partial charge in [-0.2, -0.15) is 0 Å². The monoisotopic (exact) mass is 730 g/mol. The van der Waals surface area contributed by atoms with Crippen LogP contribution in [0.1, 0.15) is 20.7 Å². The van der Waals surface area contributed by atoms with E-state index in [1.54, 1.807) is 48.5 Å². The number of benzene rings is 4. The molecule has 0 saturated carbocycles. The lowest BCUT2D eigenvalue weighted by Gasteiger charge is -2.08. The molecule has 0 aliphatic rings. The smallest absolute Gasteiger partial charge is 0.257 e. The fourth-order valence-corrected chi connectivity index (χ4v) is 5.95. The van der Waals surface area contributed by atoms with E-state index in [1.165, 1.54) is 22.7 Å². The summed E-state index contributed by atoms with van der Waals surface area (Å²) in [7, 11) is 0. The zero-order valence-corrected chi connectivity index (χ0v) is 26.9. The van der Waals surface area contributed by atoms with Crippen molar-refractivity contribution >= 4 is 76.6 Å². The molecule has 212 valence electrons. The van der Waals surface area contributed by atoms with Crippen LogP contribution in [0.15, 0.2) is 117 Å². The van der Waals surface area contributed by atoms with Gasteiger partial charge in [-0.15, -0.1) is 22.7 Å². The summed E-state index contributed by atoms with van der Waals surface area (Å²) in [5.74, 6) is 0.596. The van der Waals surface area contributed by atoms with Gasteiger partial charge in [0.15, 0.2) is 10.3 Å². The van der Waals surface area contributed by atoms with Gasteiger partial charge >= 0.3 is 0 Å². The highest BCUT2D eigenvalue weighted by Gasteiger charge is 2.13. The molecular formula is C32H20Br2N4O3S2. The standard InChI is InChI=1S/C32H20Br2N4O3S2/c33-23-9-1-19(2-10-23)27-17-42-31(35-27)37-29(39)21-5-13-25(14-6-21)41-26-15-7-22(8-16-26)30(40)38-32-36-28(18-43-32)20-3-11-24(34)12-4-20/h1-18H,(H,35,37,39)(H,36,38,40). The molecule has 6 aromatic rings. The highest BCUT2D eigenvalue weighted by molar-refractivity contribution is 9.10. The van der Waals surface area contributed by atoms with E-state index in [0.29, 0.717) is 32.9 Å². The van der Waals surface area contributed by atoms with E-state index >= 15 is 0 Å². The van der Waals surface area contributed by atoms with E-state index in [1.807, 2.05) is 59.3 Å². The zero-order valence-electron chi connectivity index (χ0n) is 22.1. The first-order valence-corrected chi connectivity index (χ1v) is 16.2. The van der Waals surface area contributed by atoms with Gasteiger partial charge in [-0.1, -0.05) is 56.1 Å². The lowest BCUT2D eigenvalue weighted by molar-refractivity contribution is 0.101. The molecule has 0 aliphatic heterocycles. The fourth-order valence-electron chi connectivity index (χ4n) is 3.99. The normalized spacial score (nSPS) is 10.7. The van der Waals surface area contributed by atoms with Crippen molar-refractivity contribution in [1.29, 1.82) is 0 Å². The molecule has 7 nitrogen and oxygen atoms in total. The van der Waals surface area contributed by atoms with Gasteiger partial charge in [0.25, 0.3) is 11.8 Å². The molecule has 0 bridgehead atoms. The topological polar surface area (TPSA) is 93.2 Å². The Morgan fingerprint density at radius 3 is 1.30 bits per heavy atom. The quantitative estimate of drug-likeness (QED) is 0.163. The summed E-state index contributed by atoms with van der Waals surface area (Å²) in [5, 5.41) is 10.6. The number of carbonyl (C=O) groups excluding carboxylic acids is 2. The van der Waals surface area contributed by atoms with Crippen molar-refractivity contribution < 1.29 is 14.3 Å². The molecule has 0 spiro atoms. The molecule has 0 saturated heterocycles. The Morgan fingerprint density at radius 1 is 0.558 bits per heavy atom. The molecule has 0 aliphatic carbocycles. The van der Waals surface area contributed by atoms with E-state index < -0.39 is 0 Å². The molecule has 2 amide bonds. The number of carbonyl (C=O) groups is 2. The minimum Gasteiger partial charge on any atom is -0.457 e. The summed E-state index contributed by atoms with van der Waals surface area (Å²) in [4.78, 5) is 34.6. The molecule has 2 aromatic heterocycles. The molecule has 0 unspecified atom stereocenters. The molecular weight excluding hydrogens is 712 g/mol. The maximum absolute atomic E-state index is 12.8. The third kappa shape index (κ3) is 7.26. The number of ether oxygens (including phenoxy) is 1. The van der Waals surface area contributed by atoms with Crippen LogP contribution in [0.25, 0.3) is 22.5 Å². The van der Waals surface area contributed by atoms with Gasteiger partial charge in [0, 0.05) is 42.0 Å². The minimum atomic E-state index is -0.261. The van der Waals surface area contributed by atoms with Crippen LogP contribution in [0.5, 0.6) is 11.5 Å². The van der Waals surface area contributed by atoms with Gasteiger partial charge in [0.05, 0.1) is 11.4 Å². The van der Waals surface area contributed by atoms with Crippen molar-refractivity contribution in [3.63, 3.8) is 0 Å². The summed E-state index contributed by atoms with van der Waals surface area (Å²) in [6, 6.07) is 29.3. The van der Waals surface area contributed by atoms with Crippen molar-refractivity contribution in [1.82, 2.24) is 9.97 Å². The molecule has 43 heavy (non-hydrogen) atoms. The Morgan fingerprint density at radius 2 is 0.930 bits per heavy atom. The first kappa shape index (κ1) is 28.9. The lowest BCUT2D eigenvalue weighted by Crippen LogP contribution is -2.11. The van der Waals surface area contributed by atoms with Crippen LogP contribution in [0.4, 0.5) is 10.3 Å². The molecule has 0 radical (unpaired) electrons. The van der Waals surface area contributed by atoms with Gasteiger partial charge in [0.2, 0.25) is 0 Å². The van der Waals surface area contributed by atoms with E-state index in [9.17, 15) is 9.59 Å². The Kier molecular flexibility index (Phi) is 8.75. The Bertz CT molecular complexity index is 1750. The van der Waals surface area contributed by atoms with E-state index in [2.05, 4.69) is 52.5 Å². The third-order valence-electron chi connectivity index (χ3n) is 6.20. The predicted molar refractivity (Wildman–Crippen MR) is 179 cm³/mol. The van der Waals surface area contributed by atoms with Crippen LogP contribution >= 0.6 is 54.5 Å². The first-order chi connectivity index (χ1) is 20.9. The molecule has 4 aromatic carbocycles. The molecule has 6 rings (SSSR count). The number of rotatable bonds is 8. The predicted octanol–water partition coefficient (Wildman–Crippen LogP) is 9.76. The molecule has 0 fully saturated rings. The fraction of sp³-hybridized carbons (Fsp3) is 0. The Labute approximate surface area is 271 Å². The number of halogens is 2. The zero-order chi connectivity index (χ0) is 29.8.